The van der Waals surface area contributed by atoms with Crippen LogP contribution in [0.5, 0.6) is 0 Å². The van der Waals surface area contributed by atoms with Gasteiger partial charge in [0, 0.05) is 11.4 Å². The van der Waals surface area contributed by atoms with Gasteiger partial charge in [0.1, 0.15) is 0 Å². The molecule has 0 saturated carbocycles. The molecule has 0 spiro atoms. The van der Waals surface area contributed by atoms with E-state index in [0.29, 0.717) is 11.5 Å². The van der Waals surface area contributed by atoms with Crippen molar-refractivity contribution < 1.29 is 9.90 Å². The van der Waals surface area contributed by atoms with Crippen LogP contribution in [0.25, 0.3) is 0 Å². The Kier molecular flexibility index (Phi) is 5.35. The molecule has 1 aromatic carbocycles. The Balaban J connectivity index is 2.42. The second-order valence-electron chi connectivity index (χ2n) is 4.01. The molecule has 3 nitrogen and oxygen atoms in total. The zero-order chi connectivity index (χ0) is 12.0. The summed E-state index contributed by atoms with van der Waals surface area (Å²) >= 11 is 1.48. The van der Waals surface area contributed by atoms with Gasteiger partial charge in [0.2, 0.25) is 0 Å². The average molecular weight is 239 g/mol. The van der Waals surface area contributed by atoms with Crippen molar-refractivity contribution in [1.29, 1.82) is 0 Å². The summed E-state index contributed by atoms with van der Waals surface area (Å²) in [5.41, 5.74) is 0.329. The van der Waals surface area contributed by atoms with Crippen LogP contribution in [0.1, 0.15) is 30.6 Å². The number of nitrogens with one attached hydrogen (secondary N) is 1. The van der Waals surface area contributed by atoms with Crippen molar-refractivity contribution in [2.45, 2.75) is 25.2 Å². The van der Waals surface area contributed by atoms with Gasteiger partial charge in [-0.15, -0.1) is 0 Å². The highest BCUT2D eigenvalue weighted by Gasteiger charge is 2.03. The predicted octanol–water partition coefficient (Wildman–Crippen LogP) is 3.03. The van der Waals surface area contributed by atoms with Crippen molar-refractivity contribution in [3.05, 3.63) is 29.8 Å². The van der Waals surface area contributed by atoms with Crippen LogP contribution >= 0.6 is 11.9 Å². The summed E-state index contributed by atoms with van der Waals surface area (Å²) in [6.07, 6.45) is 1.12. The number of carboxylic acid groups (broad SMARTS) is 1. The lowest BCUT2D eigenvalue weighted by Crippen LogP contribution is -2.08. The van der Waals surface area contributed by atoms with Gasteiger partial charge in [-0.3, -0.25) is 4.72 Å². The zero-order valence-electron chi connectivity index (χ0n) is 9.56. The van der Waals surface area contributed by atoms with E-state index in [1.165, 1.54) is 11.9 Å². The molecule has 4 heteroatoms. The van der Waals surface area contributed by atoms with Crippen molar-refractivity contribution in [3.8, 4) is 0 Å². The summed E-state index contributed by atoms with van der Waals surface area (Å²) in [6.45, 7) is 5.29. The minimum atomic E-state index is -0.885. The van der Waals surface area contributed by atoms with Crippen molar-refractivity contribution in [3.63, 3.8) is 0 Å². The molecule has 0 heterocycles. The Morgan fingerprint density at radius 1 is 1.50 bits per heavy atom. The van der Waals surface area contributed by atoms with Crippen LogP contribution in [0.2, 0.25) is 0 Å². The maximum atomic E-state index is 10.7. The lowest BCUT2D eigenvalue weighted by molar-refractivity contribution is 0.0696. The number of aromatic carboxylic acids is 1. The smallest absolute Gasteiger partial charge is 0.335 e. The highest BCUT2D eigenvalue weighted by Crippen LogP contribution is 2.16. The van der Waals surface area contributed by atoms with E-state index in [1.54, 1.807) is 18.2 Å². The predicted molar refractivity (Wildman–Crippen MR) is 66.7 cm³/mol. The van der Waals surface area contributed by atoms with Crippen LogP contribution in [-0.2, 0) is 0 Å². The summed E-state index contributed by atoms with van der Waals surface area (Å²) in [5, 5.41) is 8.82. The van der Waals surface area contributed by atoms with Gasteiger partial charge < -0.3 is 5.11 Å². The highest BCUT2D eigenvalue weighted by atomic mass is 32.2. The number of rotatable bonds is 6. The van der Waals surface area contributed by atoms with E-state index in [1.807, 2.05) is 6.07 Å². The summed E-state index contributed by atoms with van der Waals surface area (Å²) < 4.78 is 3.22. The molecule has 1 rings (SSSR count). The number of carboxylic acids is 1. The second kappa shape index (κ2) is 6.55. The maximum absolute atomic E-state index is 10.7. The fraction of sp³-hybridized carbons (Fsp3) is 0.417. The lowest BCUT2D eigenvalue weighted by Gasteiger charge is -2.06. The minimum Gasteiger partial charge on any atom is -0.478 e. The summed E-state index contributed by atoms with van der Waals surface area (Å²) in [7, 11) is 0. The second-order valence-corrected chi connectivity index (χ2v) is 4.98. The molecule has 0 aliphatic heterocycles. The van der Waals surface area contributed by atoms with E-state index in [9.17, 15) is 4.79 Å². The molecule has 0 radical (unpaired) electrons. The van der Waals surface area contributed by atoms with Crippen molar-refractivity contribution in [2.24, 2.45) is 5.92 Å². The fourth-order valence-corrected chi connectivity index (χ4v) is 1.89. The molecule has 2 N–H and O–H groups in total. The molecule has 0 atom stereocenters. The Hall–Kier alpha value is -1.00. The number of benzene rings is 1. The van der Waals surface area contributed by atoms with Crippen molar-refractivity contribution in [1.82, 2.24) is 4.72 Å². The van der Waals surface area contributed by atoms with Gasteiger partial charge in [-0.25, -0.2) is 4.79 Å². The van der Waals surface area contributed by atoms with Gasteiger partial charge in [0.15, 0.2) is 0 Å². The molecule has 0 aliphatic carbocycles. The standard InChI is InChI=1S/C12H17NO2S/c1-9(2)6-7-13-16-11-5-3-4-10(8-11)12(14)15/h3-5,8-9,13H,6-7H2,1-2H3,(H,14,15). The van der Waals surface area contributed by atoms with Gasteiger partial charge >= 0.3 is 5.97 Å². The Morgan fingerprint density at radius 3 is 2.88 bits per heavy atom. The summed E-state index contributed by atoms with van der Waals surface area (Å²) in [6, 6.07) is 6.94. The molecule has 16 heavy (non-hydrogen) atoms. The average Bonchev–Trinajstić information content (AvgIpc) is 2.24. The Morgan fingerprint density at radius 2 is 2.25 bits per heavy atom. The number of hydrogen-bond donors (Lipinski definition) is 2. The first kappa shape index (κ1) is 13.1. The molecule has 0 unspecified atom stereocenters. The quantitative estimate of drug-likeness (QED) is 0.592. The molecule has 0 amide bonds. The van der Waals surface area contributed by atoms with Crippen LogP contribution in [0.15, 0.2) is 29.2 Å². The van der Waals surface area contributed by atoms with Crippen LogP contribution < -0.4 is 4.72 Å². The minimum absolute atomic E-state index is 0.329. The van der Waals surface area contributed by atoms with E-state index >= 15 is 0 Å². The molecular weight excluding hydrogens is 222 g/mol. The first-order valence-corrected chi connectivity index (χ1v) is 6.14. The van der Waals surface area contributed by atoms with Crippen LogP contribution in [-0.4, -0.2) is 17.6 Å². The van der Waals surface area contributed by atoms with Gasteiger partial charge in [-0.1, -0.05) is 19.9 Å². The maximum Gasteiger partial charge on any atom is 0.335 e. The van der Waals surface area contributed by atoms with Crippen LogP contribution in [0.3, 0.4) is 0 Å². The lowest BCUT2D eigenvalue weighted by atomic mass is 10.1. The summed E-state index contributed by atoms with van der Waals surface area (Å²) in [5.74, 6) is -0.205. The van der Waals surface area contributed by atoms with Gasteiger partial charge in [0.25, 0.3) is 0 Å². The van der Waals surface area contributed by atoms with Gasteiger partial charge in [0.05, 0.1) is 5.56 Å². The topological polar surface area (TPSA) is 49.3 Å². The fourth-order valence-electron chi connectivity index (χ4n) is 1.17. The van der Waals surface area contributed by atoms with E-state index in [2.05, 4.69) is 18.6 Å². The number of hydrogen-bond acceptors (Lipinski definition) is 3. The highest BCUT2D eigenvalue weighted by molar-refractivity contribution is 7.97. The molecule has 0 saturated heterocycles. The van der Waals surface area contributed by atoms with Crippen LogP contribution in [0.4, 0.5) is 0 Å². The first-order valence-electron chi connectivity index (χ1n) is 5.32. The largest absolute Gasteiger partial charge is 0.478 e. The Bertz CT molecular complexity index is 353. The molecular formula is C12H17NO2S. The molecule has 0 aromatic heterocycles. The van der Waals surface area contributed by atoms with Gasteiger partial charge in [-0.05, 0) is 42.5 Å². The van der Waals surface area contributed by atoms with E-state index in [0.717, 1.165) is 17.9 Å². The Labute approximate surface area is 100 Å². The first-order chi connectivity index (χ1) is 7.59. The van der Waals surface area contributed by atoms with Crippen LogP contribution in [0, 0.1) is 5.92 Å². The molecule has 1 aromatic rings. The van der Waals surface area contributed by atoms with Crippen molar-refractivity contribution in [2.75, 3.05) is 6.54 Å². The SMILES string of the molecule is CC(C)CCNSc1cccc(C(=O)O)c1. The summed E-state index contributed by atoms with van der Waals surface area (Å²) in [4.78, 5) is 11.7. The third-order valence-corrected chi connectivity index (χ3v) is 2.93. The third-order valence-electron chi connectivity index (χ3n) is 2.09. The molecule has 88 valence electrons. The van der Waals surface area contributed by atoms with Crippen molar-refractivity contribution >= 4 is 17.9 Å². The molecule has 0 bridgehead atoms. The normalized spacial score (nSPS) is 10.7. The third kappa shape index (κ3) is 4.68. The molecule has 0 aliphatic rings. The van der Waals surface area contributed by atoms with E-state index in [-0.39, 0.29) is 0 Å². The monoisotopic (exact) mass is 239 g/mol. The van der Waals surface area contributed by atoms with E-state index < -0.39 is 5.97 Å². The zero-order valence-corrected chi connectivity index (χ0v) is 10.4. The van der Waals surface area contributed by atoms with Gasteiger partial charge in [-0.2, -0.15) is 0 Å². The molecule has 0 fully saturated rings. The number of carbonyl (C=O) groups is 1. The van der Waals surface area contributed by atoms with E-state index in [4.69, 9.17) is 5.11 Å².